The Balaban J connectivity index is 2.68. The van der Waals surface area contributed by atoms with E-state index in [0.717, 1.165) is 12.8 Å². The van der Waals surface area contributed by atoms with Crippen molar-refractivity contribution in [2.24, 2.45) is 5.73 Å². The molecule has 0 unspecified atom stereocenters. The average molecular weight is 235 g/mol. The molecule has 96 valence electrons. The summed E-state index contributed by atoms with van der Waals surface area (Å²) in [5.74, 6) is 0. The summed E-state index contributed by atoms with van der Waals surface area (Å²) in [5, 5.41) is 0. The van der Waals surface area contributed by atoms with Gasteiger partial charge in [0.15, 0.2) is 0 Å². The quantitative estimate of drug-likeness (QED) is 0.820. The zero-order valence-corrected chi connectivity index (χ0v) is 11.5. The van der Waals surface area contributed by atoms with E-state index in [2.05, 4.69) is 45.9 Å². The van der Waals surface area contributed by atoms with Crippen molar-refractivity contribution >= 4 is 0 Å². The lowest BCUT2D eigenvalue weighted by Crippen LogP contribution is -2.39. The number of aryl methyl sites for hydroxylation is 2. The second kappa shape index (κ2) is 6.18. The van der Waals surface area contributed by atoms with Crippen molar-refractivity contribution in [2.75, 3.05) is 6.54 Å². The Morgan fingerprint density at radius 3 is 2.24 bits per heavy atom. The maximum atomic E-state index is 6.03. The van der Waals surface area contributed by atoms with E-state index in [0.29, 0.717) is 13.2 Å². The summed E-state index contributed by atoms with van der Waals surface area (Å²) in [4.78, 5) is 0. The van der Waals surface area contributed by atoms with Crippen LogP contribution in [0.2, 0.25) is 0 Å². The van der Waals surface area contributed by atoms with E-state index in [4.69, 9.17) is 10.5 Å². The molecule has 2 heteroatoms. The number of hydrogen-bond acceptors (Lipinski definition) is 2. The Kier molecular flexibility index (Phi) is 5.16. The fourth-order valence-electron chi connectivity index (χ4n) is 1.93. The lowest BCUT2D eigenvalue weighted by Gasteiger charge is -2.30. The predicted molar refractivity (Wildman–Crippen MR) is 73.1 cm³/mol. The summed E-state index contributed by atoms with van der Waals surface area (Å²) in [6.07, 6.45) is 1.93. The first-order valence-corrected chi connectivity index (χ1v) is 6.47. The standard InChI is InChI=1S/C15H25NO/c1-5-15(6-2,11-16)17-10-14-8-7-12(3)13(4)9-14/h7-9H,5-6,10-11,16H2,1-4H3. The average Bonchev–Trinajstić information content (AvgIpc) is 2.36. The van der Waals surface area contributed by atoms with Crippen LogP contribution in [0.25, 0.3) is 0 Å². The van der Waals surface area contributed by atoms with Gasteiger partial charge in [-0.15, -0.1) is 0 Å². The molecule has 0 saturated heterocycles. The van der Waals surface area contributed by atoms with Crippen molar-refractivity contribution in [3.63, 3.8) is 0 Å². The number of rotatable bonds is 6. The lowest BCUT2D eigenvalue weighted by atomic mass is 9.97. The van der Waals surface area contributed by atoms with Crippen molar-refractivity contribution in [1.29, 1.82) is 0 Å². The van der Waals surface area contributed by atoms with Crippen LogP contribution in [0, 0.1) is 13.8 Å². The molecule has 0 saturated carbocycles. The Bertz CT molecular complexity index is 348. The monoisotopic (exact) mass is 235 g/mol. The van der Waals surface area contributed by atoms with Gasteiger partial charge in [-0.25, -0.2) is 0 Å². The summed E-state index contributed by atoms with van der Waals surface area (Å²) in [6, 6.07) is 6.48. The molecule has 0 amide bonds. The largest absolute Gasteiger partial charge is 0.369 e. The first-order chi connectivity index (χ1) is 8.06. The third-order valence-electron chi connectivity index (χ3n) is 3.78. The molecule has 0 bridgehead atoms. The van der Waals surface area contributed by atoms with Gasteiger partial charge in [0.25, 0.3) is 0 Å². The van der Waals surface area contributed by atoms with Gasteiger partial charge in [0.05, 0.1) is 12.2 Å². The highest BCUT2D eigenvalue weighted by molar-refractivity contribution is 5.29. The minimum atomic E-state index is -0.154. The Labute approximate surface area is 105 Å². The predicted octanol–water partition coefficient (Wildman–Crippen LogP) is 3.34. The van der Waals surface area contributed by atoms with Gasteiger partial charge in [0.2, 0.25) is 0 Å². The summed E-state index contributed by atoms with van der Waals surface area (Å²) >= 11 is 0. The van der Waals surface area contributed by atoms with E-state index in [9.17, 15) is 0 Å². The third-order valence-corrected chi connectivity index (χ3v) is 3.78. The van der Waals surface area contributed by atoms with Gasteiger partial charge in [-0.3, -0.25) is 0 Å². The summed E-state index contributed by atoms with van der Waals surface area (Å²) in [5.41, 5.74) is 9.54. The van der Waals surface area contributed by atoms with Gasteiger partial charge in [-0.1, -0.05) is 32.0 Å². The minimum absolute atomic E-state index is 0.154. The second-order valence-electron chi connectivity index (χ2n) is 4.80. The molecule has 2 nitrogen and oxygen atoms in total. The molecule has 0 aliphatic carbocycles. The Morgan fingerprint density at radius 1 is 1.12 bits per heavy atom. The maximum absolute atomic E-state index is 6.03. The minimum Gasteiger partial charge on any atom is -0.369 e. The highest BCUT2D eigenvalue weighted by Gasteiger charge is 2.24. The Morgan fingerprint density at radius 2 is 1.76 bits per heavy atom. The molecule has 1 rings (SSSR count). The molecular weight excluding hydrogens is 210 g/mol. The molecule has 1 aromatic carbocycles. The molecule has 0 aliphatic heterocycles. The normalized spacial score (nSPS) is 11.8. The molecule has 1 aromatic rings. The van der Waals surface area contributed by atoms with E-state index in [1.807, 2.05) is 0 Å². The van der Waals surface area contributed by atoms with Gasteiger partial charge >= 0.3 is 0 Å². The second-order valence-corrected chi connectivity index (χ2v) is 4.80. The third kappa shape index (κ3) is 3.55. The van der Waals surface area contributed by atoms with Crippen LogP contribution in [0.5, 0.6) is 0 Å². The maximum Gasteiger partial charge on any atom is 0.0803 e. The highest BCUT2D eigenvalue weighted by Crippen LogP contribution is 2.21. The van der Waals surface area contributed by atoms with Crippen LogP contribution in [0.15, 0.2) is 18.2 Å². The molecule has 0 heterocycles. The molecule has 2 N–H and O–H groups in total. The van der Waals surface area contributed by atoms with E-state index in [-0.39, 0.29) is 5.60 Å². The van der Waals surface area contributed by atoms with E-state index in [1.165, 1.54) is 16.7 Å². The highest BCUT2D eigenvalue weighted by atomic mass is 16.5. The van der Waals surface area contributed by atoms with Gasteiger partial charge in [0.1, 0.15) is 0 Å². The van der Waals surface area contributed by atoms with Crippen LogP contribution in [-0.2, 0) is 11.3 Å². The molecule has 0 atom stereocenters. The van der Waals surface area contributed by atoms with Crippen LogP contribution >= 0.6 is 0 Å². The van der Waals surface area contributed by atoms with Crippen molar-refractivity contribution in [3.8, 4) is 0 Å². The van der Waals surface area contributed by atoms with E-state index in [1.54, 1.807) is 0 Å². The van der Waals surface area contributed by atoms with Crippen LogP contribution in [0.3, 0.4) is 0 Å². The summed E-state index contributed by atoms with van der Waals surface area (Å²) in [7, 11) is 0. The zero-order valence-electron chi connectivity index (χ0n) is 11.5. The Hall–Kier alpha value is -0.860. The first-order valence-electron chi connectivity index (χ1n) is 6.47. The zero-order chi connectivity index (χ0) is 12.9. The molecule has 0 aromatic heterocycles. The SMILES string of the molecule is CCC(CC)(CN)OCc1ccc(C)c(C)c1. The molecule has 0 aliphatic rings. The van der Waals surface area contributed by atoms with Gasteiger partial charge in [-0.2, -0.15) is 0 Å². The fourth-order valence-corrected chi connectivity index (χ4v) is 1.93. The van der Waals surface area contributed by atoms with Gasteiger partial charge < -0.3 is 10.5 Å². The van der Waals surface area contributed by atoms with E-state index >= 15 is 0 Å². The summed E-state index contributed by atoms with van der Waals surface area (Å²) in [6.45, 7) is 9.77. The van der Waals surface area contributed by atoms with Crippen LogP contribution in [0.1, 0.15) is 43.4 Å². The van der Waals surface area contributed by atoms with Gasteiger partial charge in [0, 0.05) is 6.54 Å². The number of hydrogen-bond donors (Lipinski definition) is 1. The van der Waals surface area contributed by atoms with Crippen molar-refractivity contribution < 1.29 is 4.74 Å². The number of ether oxygens (including phenoxy) is 1. The molecule has 17 heavy (non-hydrogen) atoms. The summed E-state index contributed by atoms with van der Waals surface area (Å²) < 4.78 is 6.03. The van der Waals surface area contributed by atoms with E-state index < -0.39 is 0 Å². The van der Waals surface area contributed by atoms with Crippen molar-refractivity contribution in [3.05, 3.63) is 34.9 Å². The number of benzene rings is 1. The lowest BCUT2D eigenvalue weighted by molar-refractivity contribution is -0.0553. The first kappa shape index (κ1) is 14.2. The van der Waals surface area contributed by atoms with Gasteiger partial charge in [-0.05, 0) is 43.4 Å². The number of nitrogens with two attached hydrogens (primary N) is 1. The van der Waals surface area contributed by atoms with Crippen LogP contribution < -0.4 is 5.73 Å². The molecule has 0 fully saturated rings. The molecule has 0 spiro atoms. The topological polar surface area (TPSA) is 35.2 Å². The fraction of sp³-hybridized carbons (Fsp3) is 0.600. The van der Waals surface area contributed by atoms with Crippen LogP contribution in [-0.4, -0.2) is 12.1 Å². The molecule has 0 radical (unpaired) electrons. The van der Waals surface area contributed by atoms with Crippen molar-refractivity contribution in [1.82, 2.24) is 0 Å². The van der Waals surface area contributed by atoms with Crippen molar-refractivity contribution in [2.45, 2.75) is 52.7 Å². The van der Waals surface area contributed by atoms with Crippen LogP contribution in [0.4, 0.5) is 0 Å². The molecular formula is C15H25NO. The smallest absolute Gasteiger partial charge is 0.0803 e.